The lowest BCUT2D eigenvalue weighted by Gasteiger charge is -2.32. The van der Waals surface area contributed by atoms with Gasteiger partial charge in [0.05, 0.1) is 5.69 Å². The van der Waals surface area contributed by atoms with E-state index in [2.05, 4.69) is 0 Å². The zero-order chi connectivity index (χ0) is 15.7. The molecule has 0 aliphatic carbocycles. The maximum Gasteiger partial charge on any atom is 0.323 e. The third kappa shape index (κ3) is 2.65. The first-order valence-electron chi connectivity index (χ1n) is 6.64. The fraction of sp³-hybridized carbons (Fsp3) is 0.125. The standard InChI is InChI=1S/C16H13NO4S/c18-11-7-5-10(6-8-11)15-16(21)17(9-14(19)20)12-3-1-2-4-13(12)22-15/h1-8,15,18H,9H2,(H,19,20). The molecular formula is C16H13NO4S. The highest BCUT2D eigenvalue weighted by atomic mass is 32.2. The molecule has 2 aromatic rings. The van der Waals surface area contributed by atoms with Gasteiger partial charge < -0.3 is 10.2 Å². The van der Waals surface area contributed by atoms with Gasteiger partial charge in [0.15, 0.2) is 0 Å². The van der Waals surface area contributed by atoms with E-state index in [0.29, 0.717) is 5.69 Å². The van der Waals surface area contributed by atoms with Crippen molar-refractivity contribution in [2.75, 3.05) is 11.4 Å². The van der Waals surface area contributed by atoms with Crippen LogP contribution < -0.4 is 4.90 Å². The molecule has 2 aromatic carbocycles. The number of carbonyl (C=O) groups is 2. The van der Waals surface area contributed by atoms with Crippen LogP contribution in [0.1, 0.15) is 10.8 Å². The predicted molar refractivity (Wildman–Crippen MR) is 83.1 cm³/mol. The first-order valence-corrected chi connectivity index (χ1v) is 7.52. The van der Waals surface area contributed by atoms with E-state index in [1.165, 1.54) is 28.8 Å². The lowest BCUT2D eigenvalue weighted by molar-refractivity contribution is -0.136. The highest BCUT2D eigenvalue weighted by molar-refractivity contribution is 8.00. The minimum atomic E-state index is -1.06. The molecule has 1 aliphatic heterocycles. The van der Waals surface area contributed by atoms with Crippen LogP contribution in [0, 0.1) is 0 Å². The minimum Gasteiger partial charge on any atom is -0.508 e. The maximum absolute atomic E-state index is 12.7. The summed E-state index contributed by atoms with van der Waals surface area (Å²) in [5.41, 5.74) is 1.35. The van der Waals surface area contributed by atoms with Gasteiger partial charge in [-0.25, -0.2) is 0 Å². The van der Waals surface area contributed by atoms with Crippen molar-refractivity contribution in [2.45, 2.75) is 10.1 Å². The lowest BCUT2D eigenvalue weighted by atomic mass is 10.1. The Bertz CT molecular complexity index is 729. The highest BCUT2D eigenvalue weighted by Crippen LogP contribution is 2.46. The Morgan fingerprint density at radius 1 is 1.14 bits per heavy atom. The number of hydrogen-bond acceptors (Lipinski definition) is 4. The van der Waals surface area contributed by atoms with Gasteiger partial charge >= 0.3 is 5.97 Å². The Kier molecular flexibility index (Phi) is 3.77. The normalized spacial score (nSPS) is 17.2. The van der Waals surface area contributed by atoms with Gasteiger partial charge in [-0.15, -0.1) is 11.8 Å². The quantitative estimate of drug-likeness (QED) is 0.910. The number of thioether (sulfide) groups is 1. The Morgan fingerprint density at radius 3 is 2.50 bits per heavy atom. The van der Waals surface area contributed by atoms with Gasteiger partial charge in [-0.2, -0.15) is 0 Å². The molecule has 0 spiro atoms. The van der Waals surface area contributed by atoms with Gasteiger partial charge in [-0.05, 0) is 29.8 Å². The van der Waals surface area contributed by atoms with Crippen LogP contribution in [0.5, 0.6) is 5.75 Å². The van der Waals surface area contributed by atoms with E-state index >= 15 is 0 Å². The van der Waals surface area contributed by atoms with Crippen molar-refractivity contribution in [2.24, 2.45) is 0 Å². The number of carbonyl (C=O) groups excluding carboxylic acids is 1. The number of amides is 1. The number of hydrogen-bond donors (Lipinski definition) is 2. The predicted octanol–water partition coefficient (Wildman–Crippen LogP) is 2.66. The molecular weight excluding hydrogens is 302 g/mol. The van der Waals surface area contributed by atoms with Crippen molar-refractivity contribution in [3.8, 4) is 5.75 Å². The van der Waals surface area contributed by atoms with E-state index in [0.717, 1.165) is 10.5 Å². The number of para-hydroxylation sites is 1. The topological polar surface area (TPSA) is 77.8 Å². The van der Waals surface area contributed by atoms with Crippen LogP contribution in [0.4, 0.5) is 5.69 Å². The molecule has 3 rings (SSSR count). The van der Waals surface area contributed by atoms with Crippen LogP contribution in [-0.2, 0) is 9.59 Å². The zero-order valence-corrected chi connectivity index (χ0v) is 12.3. The maximum atomic E-state index is 12.7. The number of phenols is 1. The minimum absolute atomic E-state index is 0.125. The summed E-state index contributed by atoms with van der Waals surface area (Å²) >= 11 is 1.39. The van der Waals surface area contributed by atoms with Crippen LogP contribution in [0.15, 0.2) is 53.4 Å². The molecule has 0 saturated carbocycles. The number of fused-ring (bicyclic) bond motifs is 1. The van der Waals surface area contributed by atoms with E-state index in [1.54, 1.807) is 24.3 Å². The summed E-state index contributed by atoms with van der Waals surface area (Å²) in [6.45, 7) is -0.370. The Hall–Kier alpha value is -2.47. The molecule has 1 unspecified atom stereocenters. The summed E-state index contributed by atoms with van der Waals surface area (Å²) in [7, 11) is 0. The van der Waals surface area contributed by atoms with Gasteiger partial charge in [0.1, 0.15) is 17.5 Å². The fourth-order valence-electron chi connectivity index (χ4n) is 2.38. The van der Waals surface area contributed by atoms with Crippen LogP contribution in [0.3, 0.4) is 0 Å². The number of nitrogens with zero attached hydrogens (tertiary/aromatic N) is 1. The zero-order valence-electron chi connectivity index (χ0n) is 11.5. The second-order valence-electron chi connectivity index (χ2n) is 4.88. The van der Waals surface area contributed by atoms with E-state index in [1.807, 2.05) is 12.1 Å². The van der Waals surface area contributed by atoms with Crippen LogP contribution >= 0.6 is 11.8 Å². The summed E-state index contributed by atoms with van der Waals surface area (Å²) < 4.78 is 0. The molecule has 6 heteroatoms. The summed E-state index contributed by atoms with van der Waals surface area (Å²) in [4.78, 5) is 25.9. The van der Waals surface area contributed by atoms with Crippen molar-refractivity contribution < 1.29 is 19.8 Å². The number of carboxylic acids is 1. The van der Waals surface area contributed by atoms with E-state index in [-0.39, 0.29) is 18.2 Å². The number of aliphatic carboxylic acids is 1. The Morgan fingerprint density at radius 2 is 1.82 bits per heavy atom. The van der Waals surface area contributed by atoms with Crippen LogP contribution in [0.25, 0.3) is 0 Å². The van der Waals surface area contributed by atoms with Gasteiger partial charge in [0.25, 0.3) is 0 Å². The average Bonchev–Trinajstić information content (AvgIpc) is 2.50. The summed E-state index contributed by atoms with van der Waals surface area (Å²) in [6.07, 6.45) is 0. The molecule has 2 N–H and O–H groups in total. The molecule has 0 bridgehead atoms. The largest absolute Gasteiger partial charge is 0.508 e. The molecule has 1 atom stereocenters. The summed E-state index contributed by atoms with van der Waals surface area (Å²) in [6, 6.07) is 13.6. The molecule has 0 saturated heterocycles. The van der Waals surface area contributed by atoms with E-state index < -0.39 is 11.2 Å². The van der Waals surface area contributed by atoms with Crippen LogP contribution in [0.2, 0.25) is 0 Å². The van der Waals surface area contributed by atoms with Gasteiger partial charge in [0.2, 0.25) is 5.91 Å². The molecule has 0 aromatic heterocycles. The van der Waals surface area contributed by atoms with Crippen molar-refractivity contribution >= 4 is 29.3 Å². The van der Waals surface area contributed by atoms with Crippen molar-refractivity contribution in [1.29, 1.82) is 0 Å². The Labute approximate surface area is 131 Å². The van der Waals surface area contributed by atoms with Crippen molar-refractivity contribution in [3.05, 3.63) is 54.1 Å². The molecule has 5 nitrogen and oxygen atoms in total. The fourth-order valence-corrected chi connectivity index (χ4v) is 3.61. The van der Waals surface area contributed by atoms with Crippen molar-refractivity contribution in [1.82, 2.24) is 0 Å². The molecule has 0 radical (unpaired) electrons. The monoisotopic (exact) mass is 315 g/mol. The van der Waals surface area contributed by atoms with E-state index in [4.69, 9.17) is 5.11 Å². The molecule has 1 aliphatic rings. The number of aromatic hydroxyl groups is 1. The lowest BCUT2D eigenvalue weighted by Crippen LogP contribution is -2.40. The smallest absolute Gasteiger partial charge is 0.323 e. The number of anilines is 1. The number of carboxylic acid groups (broad SMARTS) is 1. The van der Waals surface area contributed by atoms with Gasteiger partial charge in [-0.3, -0.25) is 14.5 Å². The summed E-state index contributed by atoms with van der Waals surface area (Å²) in [5, 5.41) is 17.9. The molecule has 0 fully saturated rings. The Balaban J connectivity index is 2.02. The summed E-state index contributed by atoms with van der Waals surface area (Å²) in [5.74, 6) is -1.20. The van der Waals surface area contributed by atoms with Gasteiger partial charge in [-0.1, -0.05) is 24.3 Å². The van der Waals surface area contributed by atoms with Crippen molar-refractivity contribution in [3.63, 3.8) is 0 Å². The SMILES string of the molecule is O=C(O)CN1C(=O)C(c2ccc(O)cc2)Sc2ccccc21. The second kappa shape index (κ2) is 5.73. The number of rotatable bonds is 3. The average molecular weight is 315 g/mol. The first kappa shape index (κ1) is 14.5. The van der Waals surface area contributed by atoms with Gasteiger partial charge in [0, 0.05) is 4.90 Å². The highest BCUT2D eigenvalue weighted by Gasteiger charge is 2.35. The molecule has 22 heavy (non-hydrogen) atoms. The second-order valence-corrected chi connectivity index (χ2v) is 6.02. The molecule has 1 amide bonds. The number of benzene rings is 2. The number of phenolic OH excluding ortho intramolecular Hbond substituents is 1. The van der Waals surface area contributed by atoms with E-state index in [9.17, 15) is 14.7 Å². The third-order valence-corrected chi connectivity index (χ3v) is 4.69. The van der Waals surface area contributed by atoms with Crippen LogP contribution in [-0.4, -0.2) is 28.6 Å². The molecule has 1 heterocycles. The third-order valence-electron chi connectivity index (χ3n) is 3.38. The molecule has 112 valence electrons. The first-order chi connectivity index (χ1) is 10.6.